The Balaban J connectivity index is 1.61. The topological polar surface area (TPSA) is 94.6 Å². The van der Waals surface area contributed by atoms with Gasteiger partial charge >= 0.3 is 11.9 Å². The number of hydrogen-bond donors (Lipinski definition) is 1. The number of nitrogens with one attached hydrogen (secondary N) is 1. The highest BCUT2D eigenvalue weighted by molar-refractivity contribution is 7.16. The van der Waals surface area contributed by atoms with Gasteiger partial charge < -0.3 is 14.8 Å². The Morgan fingerprint density at radius 2 is 1.89 bits per heavy atom. The van der Waals surface area contributed by atoms with Crippen LogP contribution in [0.15, 0.2) is 48.0 Å². The van der Waals surface area contributed by atoms with Crippen molar-refractivity contribution in [3.8, 4) is 0 Å². The van der Waals surface area contributed by atoms with Crippen molar-refractivity contribution in [1.82, 2.24) is 4.98 Å². The van der Waals surface area contributed by atoms with Gasteiger partial charge in [-0.2, -0.15) is 0 Å². The number of para-hydroxylation sites is 1. The van der Waals surface area contributed by atoms with Crippen molar-refractivity contribution in [3.05, 3.63) is 59.1 Å². The van der Waals surface area contributed by atoms with E-state index in [0.29, 0.717) is 11.3 Å². The Kier molecular flexibility index (Phi) is 5.77. The maximum atomic E-state index is 12.1. The number of ether oxygens (including phenoxy) is 2. The Bertz CT molecular complexity index is 998. The fraction of sp³-hybridized carbons (Fsp3) is 0.158. The number of amides is 1. The predicted molar refractivity (Wildman–Crippen MR) is 101 cm³/mol. The lowest BCUT2D eigenvalue weighted by atomic mass is 10.2. The summed E-state index contributed by atoms with van der Waals surface area (Å²) in [4.78, 5) is 40.3. The quantitative estimate of drug-likeness (QED) is 0.656. The van der Waals surface area contributed by atoms with Crippen molar-refractivity contribution < 1.29 is 23.9 Å². The number of benzene rings is 2. The average molecular weight is 384 g/mol. The van der Waals surface area contributed by atoms with Crippen LogP contribution in [0.5, 0.6) is 0 Å². The maximum Gasteiger partial charge on any atom is 0.340 e. The standard InChI is InChI=1S/C19H16N2O5S/c1-2-25-19(24)13-5-3-4-6-14(13)21-17(22)10-26-18(23)12-7-8-15-16(9-12)27-11-20-15/h3-9,11H,2,10H2,1H3,(H,21,22). The average Bonchev–Trinajstić information content (AvgIpc) is 3.14. The zero-order valence-electron chi connectivity index (χ0n) is 14.4. The molecule has 0 aliphatic heterocycles. The number of nitrogens with zero attached hydrogens (tertiary/aromatic N) is 1. The van der Waals surface area contributed by atoms with Crippen LogP contribution in [0.25, 0.3) is 10.2 Å². The molecule has 0 fully saturated rings. The van der Waals surface area contributed by atoms with Gasteiger partial charge in [-0.05, 0) is 37.3 Å². The van der Waals surface area contributed by atoms with Crippen LogP contribution in [-0.4, -0.2) is 36.0 Å². The van der Waals surface area contributed by atoms with Crippen LogP contribution in [0, 0.1) is 0 Å². The molecule has 0 bridgehead atoms. The van der Waals surface area contributed by atoms with Gasteiger partial charge in [0.25, 0.3) is 5.91 Å². The summed E-state index contributed by atoms with van der Waals surface area (Å²) in [5, 5.41) is 2.56. The minimum Gasteiger partial charge on any atom is -0.462 e. The first kappa shape index (κ1) is 18.5. The van der Waals surface area contributed by atoms with Gasteiger partial charge in [-0.25, -0.2) is 14.6 Å². The third kappa shape index (κ3) is 4.48. The van der Waals surface area contributed by atoms with Gasteiger partial charge in [0.15, 0.2) is 6.61 Å². The van der Waals surface area contributed by atoms with Gasteiger partial charge in [-0.15, -0.1) is 11.3 Å². The Morgan fingerprint density at radius 1 is 1.07 bits per heavy atom. The summed E-state index contributed by atoms with van der Waals surface area (Å²) in [5.74, 6) is -1.71. The van der Waals surface area contributed by atoms with Gasteiger partial charge in [0.05, 0.1) is 39.1 Å². The van der Waals surface area contributed by atoms with E-state index in [1.165, 1.54) is 11.3 Å². The lowest BCUT2D eigenvalue weighted by molar-refractivity contribution is -0.119. The van der Waals surface area contributed by atoms with Gasteiger partial charge in [-0.3, -0.25) is 4.79 Å². The smallest absolute Gasteiger partial charge is 0.340 e. The van der Waals surface area contributed by atoms with Gasteiger partial charge in [0, 0.05) is 0 Å². The number of rotatable bonds is 6. The van der Waals surface area contributed by atoms with E-state index in [2.05, 4.69) is 10.3 Å². The lowest BCUT2D eigenvalue weighted by Crippen LogP contribution is -2.22. The largest absolute Gasteiger partial charge is 0.462 e. The highest BCUT2D eigenvalue weighted by atomic mass is 32.1. The molecule has 0 atom stereocenters. The van der Waals surface area contributed by atoms with Crippen LogP contribution in [0.1, 0.15) is 27.6 Å². The number of fused-ring (bicyclic) bond motifs is 1. The molecule has 0 unspecified atom stereocenters. The highest BCUT2D eigenvalue weighted by Gasteiger charge is 2.16. The van der Waals surface area contributed by atoms with Crippen LogP contribution in [-0.2, 0) is 14.3 Å². The normalized spacial score (nSPS) is 10.4. The van der Waals surface area contributed by atoms with E-state index >= 15 is 0 Å². The fourth-order valence-corrected chi connectivity index (χ4v) is 3.08. The van der Waals surface area contributed by atoms with Crippen molar-refractivity contribution in [1.29, 1.82) is 0 Å². The lowest BCUT2D eigenvalue weighted by Gasteiger charge is -2.10. The summed E-state index contributed by atoms with van der Waals surface area (Å²) in [6.07, 6.45) is 0. The van der Waals surface area contributed by atoms with E-state index in [4.69, 9.17) is 9.47 Å². The molecule has 27 heavy (non-hydrogen) atoms. The molecule has 2 aromatic carbocycles. The zero-order chi connectivity index (χ0) is 19.2. The van der Waals surface area contributed by atoms with E-state index < -0.39 is 24.5 Å². The summed E-state index contributed by atoms with van der Waals surface area (Å²) >= 11 is 1.41. The molecule has 138 valence electrons. The molecule has 3 aromatic rings. The molecule has 0 aliphatic carbocycles. The van der Waals surface area contributed by atoms with Crippen molar-refractivity contribution >= 4 is 45.1 Å². The monoisotopic (exact) mass is 384 g/mol. The molecule has 1 heterocycles. The Morgan fingerprint density at radius 3 is 2.70 bits per heavy atom. The molecule has 3 rings (SSSR count). The maximum absolute atomic E-state index is 12.1. The summed E-state index contributed by atoms with van der Waals surface area (Å²) in [6.45, 7) is 1.45. The summed E-state index contributed by atoms with van der Waals surface area (Å²) < 4.78 is 10.9. The molecule has 1 aromatic heterocycles. The van der Waals surface area contributed by atoms with E-state index in [-0.39, 0.29) is 12.2 Å². The van der Waals surface area contributed by atoms with Crippen LogP contribution >= 0.6 is 11.3 Å². The molecule has 0 saturated heterocycles. The van der Waals surface area contributed by atoms with Crippen molar-refractivity contribution in [2.45, 2.75) is 6.92 Å². The minimum atomic E-state index is -0.612. The molecule has 0 saturated carbocycles. The summed E-state index contributed by atoms with van der Waals surface area (Å²) in [6, 6.07) is 11.4. The first-order valence-corrected chi connectivity index (χ1v) is 9.03. The highest BCUT2D eigenvalue weighted by Crippen LogP contribution is 2.20. The number of esters is 2. The predicted octanol–water partition coefficient (Wildman–Crippen LogP) is 3.27. The second kappa shape index (κ2) is 8.41. The van der Waals surface area contributed by atoms with Gasteiger partial charge in [0.2, 0.25) is 0 Å². The van der Waals surface area contributed by atoms with Gasteiger partial charge in [0.1, 0.15) is 0 Å². The molecule has 0 aliphatic rings. The molecule has 1 amide bonds. The third-order valence-corrected chi connectivity index (χ3v) is 4.39. The SMILES string of the molecule is CCOC(=O)c1ccccc1NC(=O)COC(=O)c1ccc2ncsc2c1. The first-order chi connectivity index (χ1) is 13.1. The number of carbonyl (C=O) groups is 3. The third-order valence-electron chi connectivity index (χ3n) is 3.60. The molecule has 7 nitrogen and oxygen atoms in total. The number of carbonyl (C=O) groups excluding carboxylic acids is 3. The van der Waals surface area contributed by atoms with Crippen LogP contribution < -0.4 is 5.32 Å². The van der Waals surface area contributed by atoms with Crippen molar-refractivity contribution in [2.24, 2.45) is 0 Å². The molecular formula is C19H16N2O5S. The minimum absolute atomic E-state index is 0.225. The second-order valence-electron chi connectivity index (χ2n) is 5.43. The molecule has 0 radical (unpaired) electrons. The van der Waals surface area contributed by atoms with Gasteiger partial charge in [-0.1, -0.05) is 12.1 Å². The Hall–Kier alpha value is -3.26. The van der Waals surface area contributed by atoms with Crippen LogP contribution in [0.4, 0.5) is 5.69 Å². The van der Waals surface area contributed by atoms with E-state index in [1.807, 2.05) is 0 Å². The van der Waals surface area contributed by atoms with Crippen LogP contribution in [0.3, 0.4) is 0 Å². The van der Waals surface area contributed by atoms with E-state index in [9.17, 15) is 14.4 Å². The number of hydrogen-bond acceptors (Lipinski definition) is 7. The van der Waals surface area contributed by atoms with Crippen molar-refractivity contribution in [2.75, 3.05) is 18.5 Å². The fourth-order valence-electron chi connectivity index (χ4n) is 2.36. The second-order valence-corrected chi connectivity index (χ2v) is 6.31. The van der Waals surface area contributed by atoms with E-state index in [0.717, 1.165) is 10.2 Å². The summed E-state index contributed by atoms with van der Waals surface area (Å²) in [7, 11) is 0. The zero-order valence-corrected chi connectivity index (χ0v) is 15.2. The number of aromatic nitrogens is 1. The molecule has 1 N–H and O–H groups in total. The molecular weight excluding hydrogens is 368 g/mol. The van der Waals surface area contributed by atoms with Crippen molar-refractivity contribution in [3.63, 3.8) is 0 Å². The summed E-state index contributed by atoms with van der Waals surface area (Å²) in [5.41, 5.74) is 3.35. The van der Waals surface area contributed by atoms with E-state index in [1.54, 1.807) is 54.9 Å². The number of thiazole rings is 1. The number of anilines is 1. The first-order valence-electron chi connectivity index (χ1n) is 8.15. The molecule has 0 spiro atoms. The molecule has 8 heteroatoms. The van der Waals surface area contributed by atoms with Crippen LogP contribution in [0.2, 0.25) is 0 Å². The Labute approximate surface area is 158 Å².